The van der Waals surface area contributed by atoms with Crippen molar-refractivity contribution in [3.63, 3.8) is 0 Å². The zero-order valence-corrected chi connectivity index (χ0v) is 22.7. The van der Waals surface area contributed by atoms with Crippen LogP contribution < -0.4 is 10.1 Å². The van der Waals surface area contributed by atoms with E-state index in [1.165, 1.54) is 9.13 Å². The summed E-state index contributed by atoms with van der Waals surface area (Å²) in [4.78, 5) is 28.6. The van der Waals surface area contributed by atoms with Gasteiger partial charge in [0.25, 0.3) is 0 Å². The van der Waals surface area contributed by atoms with Crippen LogP contribution >= 0.6 is 31.4 Å². The van der Waals surface area contributed by atoms with Crippen LogP contribution in [0, 0.1) is 3.57 Å². The Hall–Kier alpha value is -1.84. The van der Waals surface area contributed by atoms with E-state index in [1.807, 2.05) is 12.1 Å². The number of halogens is 2. The maximum Gasteiger partial charge on any atom is 0.333 e. The van der Waals surface area contributed by atoms with Gasteiger partial charge in [-0.1, -0.05) is 0 Å². The molecule has 2 rings (SSSR count). The van der Waals surface area contributed by atoms with E-state index in [4.69, 9.17) is 21.1 Å². The number of hydrogen-bond donors (Lipinski definition) is 2. The second-order valence-electron chi connectivity index (χ2n) is 8.24. The van der Waals surface area contributed by atoms with E-state index >= 15 is 0 Å². The predicted molar refractivity (Wildman–Crippen MR) is 141 cm³/mol. The molecule has 0 unspecified atom stereocenters. The van der Waals surface area contributed by atoms with Gasteiger partial charge < -0.3 is 9.84 Å². The van der Waals surface area contributed by atoms with Crippen molar-refractivity contribution in [2.24, 2.45) is 0 Å². The smallest absolute Gasteiger partial charge is 0.333 e. The summed E-state index contributed by atoms with van der Waals surface area (Å²) >= 11 is 5.00. The summed E-state index contributed by atoms with van der Waals surface area (Å²) in [7, 11) is 0. The third-order valence-corrected chi connectivity index (χ3v) is 8.61. The van der Waals surface area contributed by atoms with Gasteiger partial charge in [-0.2, -0.15) is 0 Å². The zero-order chi connectivity index (χ0) is 24.6. The van der Waals surface area contributed by atoms with Crippen LogP contribution in [0.1, 0.15) is 31.9 Å². The first-order chi connectivity index (χ1) is 15.5. The third kappa shape index (κ3) is 8.46. The Bertz CT molecular complexity index is 946. The molecule has 0 spiro atoms. The molecule has 8 heteroatoms. The van der Waals surface area contributed by atoms with Crippen molar-refractivity contribution in [1.29, 1.82) is 0 Å². The summed E-state index contributed by atoms with van der Waals surface area (Å²) in [5, 5.41) is 12.9. The monoisotopic (exact) mass is 589 g/mol. The van der Waals surface area contributed by atoms with Gasteiger partial charge in [-0.3, -0.25) is 0 Å². The van der Waals surface area contributed by atoms with Crippen LogP contribution in [0.25, 0.3) is 0 Å². The third-order valence-electron chi connectivity index (χ3n) is 5.00. The molecule has 0 fully saturated rings. The fourth-order valence-corrected chi connectivity index (χ4v) is 6.20. The number of carbonyl (C=O) groups is 2. The van der Waals surface area contributed by atoms with Gasteiger partial charge >= 0.3 is 168 Å². The van der Waals surface area contributed by atoms with E-state index in [9.17, 15) is 14.7 Å². The molecule has 0 radical (unpaired) electrons. The Morgan fingerprint density at radius 2 is 1.82 bits per heavy atom. The molecule has 182 valence electrons. The van der Waals surface area contributed by atoms with E-state index in [1.54, 1.807) is 45.0 Å². The van der Waals surface area contributed by atoms with E-state index in [0.29, 0.717) is 30.3 Å². The zero-order valence-electron chi connectivity index (χ0n) is 19.8. The number of carboxylic acids is 1. The molecular weight excluding hydrogens is 557 g/mol. The minimum Gasteiger partial charge on any atom is -0.479 e. The maximum absolute atomic E-state index is 12.8. The summed E-state index contributed by atoms with van der Waals surface area (Å²) < 4.78 is 12.6. The van der Waals surface area contributed by atoms with Crippen molar-refractivity contribution in [2.75, 3.05) is 23.0 Å². The first-order valence-electron chi connectivity index (χ1n) is 10.7. The normalized spacial score (nSPS) is 12.7. The maximum atomic E-state index is 12.8. The van der Waals surface area contributed by atoms with E-state index in [2.05, 4.69) is 21.2 Å². The molecule has 2 N–H and O–H groups in total. The van der Waals surface area contributed by atoms with Gasteiger partial charge in [-0.15, -0.1) is 0 Å². The SMILES string of the molecule is CCO[C@@H](Cc1ccc(OC(C)(C)C(=O)NCCc2cc(Cl)ccc2I(C)C)cc1)C(=O)O. The molecule has 0 saturated heterocycles. The molecule has 0 bridgehead atoms. The van der Waals surface area contributed by atoms with Crippen LogP contribution in [-0.4, -0.2) is 51.7 Å². The Balaban J connectivity index is 1.94. The number of aliphatic carboxylic acids is 1. The number of rotatable bonds is 12. The van der Waals surface area contributed by atoms with Crippen LogP contribution in [0.4, 0.5) is 0 Å². The van der Waals surface area contributed by atoms with E-state index < -0.39 is 37.5 Å². The molecule has 1 amide bonds. The number of alkyl halides is 2. The van der Waals surface area contributed by atoms with Crippen molar-refractivity contribution in [3.05, 3.63) is 62.2 Å². The fraction of sp³-hybridized carbons (Fsp3) is 0.440. The number of carboxylic acid groups (broad SMARTS) is 1. The summed E-state index contributed by atoms with van der Waals surface area (Å²) in [6.07, 6.45) is 0.0909. The largest absolute Gasteiger partial charge is 0.479 e. The molecule has 1 atom stereocenters. The van der Waals surface area contributed by atoms with Crippen LogP contribution in [0.2, 0.25) is 5.02 Å². The summed E-state index contributed by atoms with van der Waals surface area (Å²) in [6, 6.07) is 13.1. The van der Waals surface area contributed by atoms with E-state index in [-0.39, 0.29) is 12.3 Å². The molecular formula is C25H33ClINO5. The van der Waals surface area contributed by atoms with E-state index in [0.717, 1.165) is 5.56 Å². The topological polar surface area (TPSA) is 84.9 Å². The number of ether oxygens (including phenoxy) is 2. The molecule has 33 heavy (non-hydrogen) atoms. The van der Waals surface area contributed by atoms with Crippen molar-refractivity contribution < 1.29 is 24.2 Å². The second kappa shape index (κ2) is 12.6. The number of nitrogens with one attached hydrogen (secondary N) is 1. The molecule has 0 aliphatic carbocycles. The summed E-state index contributed by atoms with van der Waals surface area (Å²) in [6.45, 7) is 6.03. The minimum atomic E-state index is -1.17. The van der Waals surface area contributed by atoms with Crippen LogP contribution in [0.5, 0.6) is 5.75 Å². The van der Waals surface area contributed by atoms with Crippen molar-refractivity contribution in [1.82, 2.24) is 5.32 Å². The first-order valence-corrected chi connectivity index (χ1v) is 16.5. The Morgan fingerprint density at radius 1 is 1.15 bits per heavy atom. The van der Waals surface area contributed by atoms with Crippen molar-refractivity contribution in [3.8, 4) is 5.75 Å². The first kappa shape index (κ1) is 27.4. The van der Waals surface area contributed by atoms with Crippen molar-refractivity contribution >= 4 is 43.3 Å². The second-order valence-corrected chi connectivity index (χ2v) is 14.2. The molecule has 0 saturated carbocycles. The fourth-order valence-electron chi connectivity index (χ4n) is 3.29. The average Bonchev–Trinajstić information content (AvgIpc) is 2.74. The predicted octanol–water partition coefficient (Wildman–Crippen LogP) is 4.82. The Labute approximate surface area is 208 Å². The van der Waals surface area contributed by atoms with Gasteiger partial charge in [0.2, 0.25) is 0 Å². The van der Waals surface area contributed by atoms with Crippen molar-refractivity contribution in [2.45, 2.75) is 45.3 Å². The van der Waals surface area contributed by atoms with Gasteiger partial charge in [0.1, 0.15) is 0 Å². The summed E-state index contributed by atoms with van der Waals surface area (Å²) in [5.74, 6) is -0.664. The number of carbonyl (C=O) groups excluding carboxylic acids is 1. The number of hydrogen-bond acceptors (Lipinski definition) is 4. The molecule has 0 heterocycles. The van der Waals surface area contributed by atoms with Crippen LogP contribution in [-0.2, 0) is 27.2 Å². The van der Waals surface area contributed by atoms with Crippen LogP contribution in [0.3, 0.4) is 0 Å². The molecule has 0 aliphatic rings. The van der Waals surface area contributed by atoms with Gasteiger partial charge in [0.15, 0.2) is 6.10 Å². The van der Waals surface area contributed by atoms with Gasteiger partial charge in [0.05, 0.1) is 0 Å². The van der Waals surface area contributed by atoms with Gasteiger partial charge in [-0.05, 0) is 6.92 Å². The molecule has 0 aliphatic heterocycles. The van der Waals surface area contributed by atoms with Gasteiger partial charge in [-0.25, -0.2) is 4.79 Å². The quantitative estimate of drug-likeness (QED) is 0.274. The molecule has 0 aromatic heterocycles. The summed E-state index contributed by atoms with van der Waals surface area (Å²) in [5.41, 5.74) is 0.942. The minimum absolute atomic E-state index is 0.208. The number of amides is 1. The average molecular weight is 590 g/mol. The van der Waals surface area contributed by atoms with Gasteiger partial charge in [0, 0.05) is 13.0 Å². The standard InChI is InChI=1S/C25H33ClINO5/c1-6-32-22(23(29)30)15-17-7-10-20(11-8-17)33-25(2,3)24(31)28-14-13-18-16-19(26)9-12-21(18)27(4)5/h7-12,16,22H,6,13-15H2,1-5H3,(H,28,31)(H,29,30)/t22-/m0/s1. The Morgan fingerprint density at radius 3 is 2.39 bits per heavy atom. The van der Waals surface area contributed by atoms with Crippen LogP contribution in [0.15, 0.2) is 42.5 Å². The molecule has 2 aromatic rings. The molecule has 6 nitrogen and oxygen atoms in total. The molecule has 2 aromatic carbocycles. The number of benzene rings is 2. The Kier molecular flexibility index (Phi) is 10.4.